The molecule has 0 aliphatic carbocycles. The van der Waals surface area contributed by atoms with Crippen molar-refractivity contribution in [3.63, 3.8) is 0 Å². The van der Waals surface area contributed by atoms with Gasteiger partial charge in [-0.25, -0.2) is 0 Å². The Morgan fingerprint density at radius 3 is 2.26 bits per heavy atom. The van der Waals surface area contributed by atoms with E-state index in [9.17, 15) is 5.11 Å². The van der Waals surface area contributed by atoms with Crippen molar-refractivity contribution in [3.05, 3.63) is 70.7 Å². The summed E-state index contributed by atoms with van der Waals surface area (Å²) in [5.41, 5.74) is 2.05. The second-order valence-electron chi connectivity index (χ2n) is 5.93. The van der Waals surface area contributed by atoms with E-state index in [-0.39, 0.29) is 5.92 Å². The molecule has 0 radical (unpaired) electrons. The van der Waals surface area contributed by atoms with Crippen LogP contribution in [-0.2, 0) is 4.74 Å². The summed E-state index contributed by atoms with van der Waals surface area (Å²) >= 11 is 5.96. The van der Waals surface area contributed by atoms with Gasteiger partial charge in [0, 0.05) is 30.6 Å². The molecule has 0 amide bonds. The molecule has 1 heterocycles. The van der Waals surface area contributed by atoms with Gasteiger partial charge in [-0.1, -0.05) is 54.1 Å². The van der Waals surface area contributed by atoms with E-state index >= 15 is 0 Å². The van der Waals surface area contributed by atoms with Gasteiger partial charge in [0.2, 0.25) is 0 Å². The van der Waals surface area contributed by atoms with E-state index in [1.54, 1.807) is 0 Å². The average Bonchev–Trinajstić information content (AvgIpc) is 2.61. The predicted molar refractivity (Wildman–Crippen MR) is 92.9 cm³/mol. The molecular formula is C19H22ClNO2. The lowest BCUT2D eigenvalue weighted by atomic mass is 9.88. The van der Waals surface area contributed by atoms with Gasteiger partial charge in [0.25, 0.3) is 0 Å². The van der Waals surface area contributed by atoms with E-state index in [1.807, 2.05) is 42.5 Å². The topological polar surface area (TPSA) is 32.7 Å². The lowest BCUT2D eigenvalue weighted by molar-refractivity contribution is 0.0240. The molecule has 2 aromatic carbocycles. The Morgan fingerprint density at radius 2 is 1.61 bits per heavy atom. The van der Waals surface area contributed by atoms with E-state index in [1.165, 1.54) is 0 Å². The zero-order valence-electron chi connectivity index (χ0n) is 13.1. The maximum Gasteiger partial charge on any atom is 0.0870 e. The van der Waals surface area contributed by atoms with Crippen LogP contribution >= 0.6 is 11.6 Å². The third-order valence-corrected chi connectivity index (χ3v) is 4.63. The standard InChI is InChI=1S/C19H22ClNO2/c20-17-8-6-16(7-9-17)19(22)18(15-4-2-1-3-5-15)14-21-10-12-23-13-11-21/h1-9,18-19,22H,10-14H2. The normalized spacial score (nSPS) is 18.5. The highest BCUT2D eigenvalue weighted by Crippen LogP contribution is 2.32. The molecule has 1 aliphatic heterocycles. The number of hydrogen-bond donors (Lipinski definition) is 1. The fourth-order valence-electron chi connectivity index (χ4n) is 3.04. The summed E-state index contributed by atoms with van der Waals surface area (Å²) in [7, 11) is 0. The van der Waals surface area contributed by atoms with Crippen molar-refractivity contribution in [1.29, 1.82) is 0 Å². The molecule has 0 saturated carbocycles. The SMILES string of the molecule is OC(c1ccc(Cl)cc1)C(CN1CCOCC1)c1ccccc1. The van der Waals surface area contributed by atoms with Crippen molar-refractivity contribution in [2.75, 3.05) is 32.8 Å². The Balaban J connectivity index is 1.83. The molecule has 0 bridgehead atoms. The first-order chi connectivity index (χ1) is 11.2. The first-order valence-electron chi connectivity index (χ1n) is 8.02. The minimum atomic E-state index is -0.558. The molecule has 1 aliphatic rings. The quantitative estimate of drug-likeness (QED) is 0.910. The average molecular weight is 332 g/mol. The van der Waals surface area contributed by atoms with Crippen LogP contribution in [0.25, 0.3) is 0 Å². The van der Waals surface area contributed by atoms with Crippen LogP contribution in [0.3, 0.4) is 0 Å². The largest absolute Gasteiger partial charge is 0.388 e. The van der Waals surface area contributed by atoms with E-state index in [0.29, 0.717) is 5.02 Å². The zero-order chi connectivity index (χ0) is 16.1. The van der Waals surface area contributed by atoms with Crippen molar-refractivity contribution in [2.24, 2.45) is 0 Å². The molecule has 2 aromatic rings. The monoisotopic (exact) mass is 331 g/mol. The van der Waals surface area contributed by atoms with Crippen LogP contribution in [0.5, 0.6) is 0 Å². The first kappa shape index (κ1) is 16.5. The Labute approximate surface area is 142 Å². The van der Waals surface area contributed by atoms with Crippen LogP contribution in [-0.4, -0.2) is 42.9 Å². The summed E-state index contributed by atoms with van der Waals surface area (Å²) in [5.74, 6) is 0.0236. The molecule has 0 spiro atoms. The van der Waals surface area contributed by atoms with Gasteiger partial charge in [-0.05, 0) is 23.3 Å². The summed E-state index contributed by atoms with van der Waals surface area (Å²) in [5, 5.41) is 11.6. The third-order valence-electron chi connectivity index (χ3n) is 4.38. The number of rotatable bonds is 5. The molecule has 23 heavy (non-hydrogen) atoms. The maximum absolute atomic E-state index is 11.0. The molecule has 2 unspecified atom stereocenters. The summed E-state index contributed by atoms with van der Waals surface area (Å²) in [6, 6.07) is 17.7. The van der Waals surface area contributed by atoms with Gasteiger partial charge in [-0.3, -0.25) is 4.90 Å². The Morgan fingerprint density at radius 1 is 0.957 bits per heavy atom. The number of halogens is 1. The van der Waals surface area contributed by atoms with Crippen LogP contribution in [0, 0.1) is 0 Å². The van der Waals surface area contributed by atoms with Crippen molar-refractivity contribution in [3.8, 4) is 0 Å². The Bertz CT molecular complexity index is 597. The van der Waals surface area contributed by atoms with Gasteiger partial charge in [0.1, 0.15) is 0 Å². The van der Waals surface area contributed by atoms with Crippen molar-refractivity contribution >= 4 is 11.6 Å². The highest BCUT2D eigenvalue weighted by atomic mass is 35.5. The van der Waals surface area contributed by atoms with Gasteiger partial charge in [-0.15, -0.1) is 0 Å². The van der Waals surface area contributed by atoms with Crippen LogP contribution in [0.1, 0.15) is 23.1 Å². The molecule has 3 nitrogen and oxygen atoms in total. The molecule has 1 saturated heterocycles. The van der Waals surface area contributed by atoms with E-state index in [0.717, 1.165) is 44.0 Å². The molecule has 0 aromatic heterocycles. The highest BCUT2D eigenvalue weighted by molar-refractivity contribution is 6.30. The van der Waals surface area contributed by atoms with Gasteiger partial charge < -0.3 is 9.84 Å². The van der Waals surface area contributed by atoms with Gasteiger partial charge >= 0.3 is 0 Å². The molecule has 4 heteroatoms. The van der Waals surface area contributed by atoms with Crippen LogP contribution in [0.4, 0.5) is 0 Å². The van der Waals surface area contributed by atoms with Gasteiger partial charge in [-0.2, -0.15) is 0 Å². The number of hydrogen-bond acceptors (Lipinski definition) is 3. The number of morpholine rings is 1. The fourth-order valence-corrected chi connectivity index (χ4v) is 3.17. The Hall–Kier alpha value is -1.39. The summed E-state index contributed by atoms with van der Waals surface area (Å²) in [6.07, 6.45) is -0.558. The molecule has 1 fully saturated rings. The zero-order valence-corrected chi connectivity index (χ0v) is 13.8. The summed E-state index contributed by atoms with van der Waals surface area (Å²) < 4.78 is 5.43. The Kier molecular flexibility index (Phi) is 5.68. The van der Waals surface area contributed by atoms with Gasteiger partial charge in [0.05, 0.1) is 19.3 Å². The number of benzene rings is 2. The first-order valence-corrected chi connectivity index (χ1v) is 8.40. The molecule has 2 atom stereocenters. The lowest BCUT2D eigenvalue weighted by Crippen LogP contribution is -2.39. The molecule has 1 N–H and O–H groups in total. The minimum Gasteiger partial charge on any atom is -0.388 e. The molecule has 122 valence electrons. The smallest absolute Gasteiger partial charge is 0.0870 e. The second kappa shape index (κ2) is 7.93. The van der Waals surface area contributed by atoms with Crippen molar-refractivity contribution in [1.82, 2.24) is 4.90 Å². The van der Waals surface area contributed by atoms with Crippen LogP contribution in [0.2, 0.25) is 5.02 Å². The lowest BCUT2D eigenvalue weighted by Gasteiger charge is -2.33. The van der Waals surface area contributed by atoms with E-state index < -0.39 is 6.10 Å². The number of aliphatic hydroxyl groups is 1. The fraction of sp³-hybridized carbons (Fsp3) is 0.368. The minimum absolute atomic E-state index is 0.0236. The number of nitrogens with zero attached hydrogens (tertiary/aromatic N) is 1. The van der Waals surface area contributed by atoms with Crippen LogP contribution in [0.15, 0.2) is 54.6 Å². The van der Waals surface area contributed by atoms with Crippen molar-refractivity contribution < 1.29 is 9.84 Å². The number of aliphatic hydroxyl groups excluding tert-OH is 1. The maximum atomic E-state index is 11.0. The van der Waals surface area contributed by atoms with E-state index in [4.69, 9.17) is 16.3 Å². The summed E-state index contributed by atoms with van der Waals surface area (Å²) in [4.78, 5) is 2.36. The van der Waals surface area contributed by atoms with Crippen molar-refractivity contribution in [2.45, 2.75) is 12.0 Å². The van der Waals surface area contributed by atoms with Crippen LogP contribution < -0.4 is 0 Å². The predicted octanol–water partition coefficient (Wildman–Crippen LogP) is 3.49. The van der Waals surface area contributed by atoms with Gasteiger partial charge in [0.15, 0.2) is 0 Å². The second-order valence-corrected chi connectivity index (χ2v) is 6.36. The highest BCUT2D eigenvalue weighted by Gasteiger charge is 2.26. The summed E-state index contributed by atoms with van der Waals surface area (Å²) in [6.45, 7) is 4.17. The molecule has 3 rings (SSSR count). The third kappa shape index (κ3) is 4.33. The molecular weight excluding hydrogens is 310 g/mol. The van der Waals surface area contributed by atoms with E-state index in [2.05, 4.69) is 17.0 Å². The number of ether oxygens (including phenoxy) is 1.